The van der Waals surface area contributed by atoms with Crippen LogP contribution in [-0.2, 0) is 4.79 Å². The van der Waals surface area contributed by atoms with Crippen LogP contribution in [0.3, 0.4) is 0 Å². The topological polar surface area (TPSA) is 49.3 Å². The first-order chi connectivity index (χ1) is 7.99. The lowest BCUT2D eigenvalue weighted by atomic mass is 9.79. The average molecular weight is 278 g/mol. The van der Waals surface area contributed by atoms with Gasteiger partial charge in [-0.1, -0.05) is 23.2 Å². The number of rotatable bonds is 3. The maximum atomic E-state index is 13.0. The third-order valence-corrected chi connectivity index (χ3v) is 3.52. The van der Waals surface area contributed by atoms with Crippen LogP contribution in [0, 0.1) is 11.7 Å². The number of anilines is 1. The molecule has 0 saturated heterocycles. The molecule has 3 nitrogen and oxygen atoms in total. The summed E-state index contributed by atoms with van der Waals surface area (Å²) in [4.78, 5) is 10.8. The van der Waals surface area contributed by atoms with E-state index < -0.39 is 17.7 Å². The number of hydrogen-bond donors (Lipinski definition) is 2. The number of aliphatic carboxylic acids is 1. The van der Waals surface area contributed by atoms with Gasteiger partial charge in [0.2, 0.25) is 0 Å². The summed E-state index contributed by atoms with van der Waals surface area (Å²) in [5, 5.41) is 12.2. The standard InChI is InChI=1S/C11H10Cl2FNO2/c12-7-3-5(14)4-8(13)10(7)15-9-2-1-6(9)11(16)17/h3-4,6,9,15H,1-2H2,(H,16,17). The zero-order valence-corrected chi connectivity index (χ0v) is 10.2. The van der Waals surface area contributed by atoms with Crippen LogP contribution in [0.15, 0.2) is 12.1 Å². The van der Waals surface area contributed by atoms with Crippen LogP contribution in [0.5, 0.6) is 0 Å². The largest absolute Gasteiger partial charge is 0.481 e. The summed E-state index contributed by atoms with van der Waals surface area (Å²) < 4.78 is 13.0. The molecule has 2 unspecified atom stereocenters. The Morgan fingerprint density at radius 1 is 1.35 bits per heavy atom. The van der Waals surface area contributed by atoms with Gasteiger partial charge in [0.1, 0.15) is 5.82 Å². The molecule has 92 valence electrons. The number of hydrogen-bond acceptors (Lipinski definition) is 2. The molecule has 0 aliphatic heterocycles. The maximum absolute atomic E-state index is 13.0. The summed E-state index contributed by atoms with van der Waals surface area (Å²) in [6, 6.07) is 2.09. The number of carbonyl (C=O) groups is 1. The second-order valence-electron chi connectivity index (χ2n) is 4.02. The van der Waals surface area contributed by atoms with E-state index in [4.69, 9.17) is 28.3 Å². The molecule has 17 heavy (non-hydrogen) atoms. The van der Waals surface area contributed by atoms with Crippen LogP contribution in [0.1, 0.15) is 12.8 Å². The lowest BCUT2D eigenvalue weighted by Gasteiger charge is -2.35. The van der Waals surface area contributed by atoms with Gasteiger partial charge in [0, 0.05) is 6.04 Å². The average Bonchev–Trinajstić information content (AvgIpc) is 2.12. The first-order valence-electron chi connectivity index (χ1n) is 5.13. The van der Waals surface area contributed by atoms with Gasteiger partial charge in [0.15, 0.2) is 0 Å². The predicted molar refractivity (Wildman–Crippen MR) is 64.2 cm³/mol. The second-order valence-corrected chi connectivity index (χ2v) is 4.83. The van der Waals surface area contributed by atoms with E-state index in [0.29, 0.717) is 12.1 Å². The van der Waals surface area contributed by atoms with E-state index >= 15 is 0 Å². The Morgan fingerprint density at radius 2 is 1.94 bits per heavy atom. The Morgan fingerprint density at radius 3 is 2.35 bits per heavy atom. The van der Waals surface area contributed by atoms with Crippen molar-refractivity contribution >= 4 is 34.9 Å². The van der Waals surface area contributed by atoms with Gasteiger partial charge in [-0.05, 0) is 25.0 Å². The second kappa shape index (κ2) is 4.70. The van der Waals surface area contributed by atoms with Crippen molar-refractivity contribution in [1.82, 2.24) is 0 Å². The molecule has 1 aromatic carbocycles. The fraction of sp³-hybridized carbons (Fsp3) is 0.364. The summed E-state index contributed by atoms with van der Waals surface area (Å²) in [6.07, 6.45) is 1.37. The highest BCUT2D eigenvalue weighted by Crippen LogP contribution is 2.37. The molecule has 0 spiro atoms. The molecule has 2 atom stereocenters. The number of carboxylic acid groups (broad SMARTS) is 1. The van der Waals surface area contributed by atoms with Crippen molar-refractivity contribution in [2.45, 2.75) is 18.9 Å². The van der Waals surface area contributed by atoms with Crippen molar-refractivity contribution in [3.8, 4) is 0 Å². The van der Waals surface area contributed by atoms with Crippen molar-refractivity contribution in [2.75, 3.05) is 5.32 Å². The molecule has 0 amide bonds. The quantitative estimate of drug-likeness (QED) is 0.890. The number of carboxylic acids is 1. The van der Waals surface area contributed by atoms with Gasteiger partial charge >= 0.3 is 5.97 Å². The summed E-state index contributed by atoms with van der Waals surface area (Å²) in [6.45, 7) is 0. The summed E-state index contributed by atoms with van der Waals surface area (Å²) in [5.74, 6) is -1.80. The van der Waals surface area contributed by atoms with Crippen LogP contribution >= 0.6 is 23.2 Å². The van der Waals surface area contributed by atoms with E-state index in [2.05, 4.69) is 5.32 Å². The van der Waals surface area contributed by atoms with Gasteiger partial charge in [-0.25, -0.2) is 4.39 Å². The van der Waals surface area contributed by atoms with Crippen molar-refractivity contribution in [3.63, 3.8) is 0 Å². The van der Waals surface area contributed by atoms with Crippen molar-refractivity contribution in [2.24, 2.45) is 5.92 Å². The van der Waals surface area contributed by atoms with Gasteiger partial charge in [-0.2, -0.15) is 0 Å². The Kier molecular flexibility index (Phi) is 3.45. The molecule has 1 fully saturated rings. The highest BCUT2D eigenvalue weighted by Gasteiger charge is 2.37. The molecule has 1 aromatic rings. The molecule has 6 heteroatoms. The minimum absolute atomic E-state index is 0.158. The number of nitrogens with one attached hydrogen (secondary N) is 1. The van der Waals surface area contributed by atoms with Crippen molar-refractivity contribution in [1.29, 1.82) is 0 Å². The van der Waals surface area contributed by atoms with E-state index in [-0.39, 0.29) is 16.1 Å². The summed E-state index contributed by atoms with van der Waals surface area (Å²) >= 11 is 11.7. The molecule has 2 rings (SSSR count). The molecule has 0 bridgehead atoms. The van der Waals surface area contributed by atoms with E-state index in [1.54, 1.807) is 0 Å². The zero-order chi connectivity index (χ0) is 12.6. The molecule has 0 heterocycles. The van der Waals surface area contributed by atoms with Crippen LogP contribution in [0.2, 0.25) is 10.0 Å². The molecular weight excluding hydrogens is 268 g/mol. The lowest BCUT2D eigenvalue weighted by Crippen LogP contribution is -2.43. The first kappa shape index (κ1) is 12.5. The molecule has 0 radical (unpaired) electrons. The van der Waals surface area contributed by atoms with Crippen molar-refractivity contribution in [3.05, 3.63) is 28.0 Å². The Bertz CT molecular complexity index is 444. The van der Waals surface area contributed by atoms with E-state index in [9.17, 15) is 9.18 Å². The zero-order valence-electron chi connectivity index (χ0n) is 8.71. The Balaban J connectivity index is 2.17. The van der Waals surface area contributed by atoms with Gasteiger partial charge in [-0.15, -0.1) is 0 Å². The van der Waals surface area contributed by atoms with Crippen molar-refractivity contribution < 1.29 is 14.3 Å². The predicted octanol–water partition coefficient (Wildman–Crippen LogP) is 3.41. The fourth-order valence-corrected chi connectivity index (χ4v) is 2.40. The fourth-order valence-electron chi connectivity index (χ4n) is 1.83. The summed E-state index contributed by atoms with van der Waals surface area (Å²) in [7, 11) is 0. The smallest absolute Gasteiger partial charge is 0.308 e. The van der Waals surface area contributed by atoms with Gasteiger partial charge in [0.05, 0.1) is 21.7 Å². The van der Waals surface area contributed by atoms with Gasteiger partial charge < -0.3 is 10.4 Å². The lowest BCUT2D eigenvalue weighted by molar-refractivity contribution is -0.144. The van der Waals surface area contributed by atoms with E-state index in [1.165, 1.54) is 0 Å². The molecule has 0 aromatic heterocycles. The first-order valence-corrected chi connectivity index (χ1v) is 5.88. The normalized spacial score (nSPS) is 23.0. The Hall–Kier alpha value is -1.00. The minimum Gasteiger partial charge on any atom is -0.481 e. The monoisotopic (exact) mass is 277 g/mol. The van der Waals surface area contributed by atoms with Crippen LogP contribution < -0.4 is 5.32 Å². The third-order valence-electron chi connectivity index (χ3n) is 2.93. The van der Waals surface area contributed by atoms with Gasteiger partial charge in [0.25, 0.3) is 0 Å². The molecule has 1 saturated carbocycles. The minimum atomic E-state index is -0.844. The molecule has 1 aliphatic rings. The van der Waals surface area contributed by atoms with E-state index in [1.807, 2.05) is 0 Å². The van der Waals surface area contributed by atoms with Crippen LogP contribution in [-0.4, -0.2) is 17.1 Å². The summed E-state index contributed by atoms with van der Waals surface area (Å²) in [5.41, 5.74) is 0.394. The van der Waals surface area contributed by atoms with Crippen LogP contribution in [0.4, 0.5) is 10.1 Å². The third kappa shape index (κ3) is 2.48. The Labute approximate surface area is 108 Å². The van der Waals surface area contributed by atoms with E-state index in [0.717, 1.165) is 18.6 Å². The highest BCUT2D eigenvalue weighted by molar-refractivity contribution is 6.39. The maximum Gasteiger partial charge on any atom is 0.308 e. The van der Waals surface area contributed by atoms with Gasteiger partial charge in [-0.3, -0.25) is 4.79 Å². The highest BCUT2D eigenvalue weighted by atomic mass is 35.5. The molecule has 2 N–H and O–H groups in total. The van der Waals surface area contributed by atoms with Crippen LogP contribution in [0.25, 0.3) is 0 Å². The number of benzene rings is 1. The number of halogens is 3. The SMILES string of the molecule is O=C(O)C1CCC1Nc1c(Cl)cc(F)cc1Cl. The molecule has 1 aliphatic carbocycles. The molecular formula is C11H10Cl2FNO2.